The summed E-state index contributed by atoms with van der Waals surface area (Å²) < 4.78 is 22.0. The van der Waals surface area contributed by atoms with Crippen LogP contribution in [0.4, 0.5) is 10.5 Å². The Hall–Kier alpha value is -4.46. The van der Waals surface area contributed by atoms with Gasteiger partial charge in [-0.05, 0) is 48.4 Å². The van der Waals surface area contributed by atoms with Gasteiger partial charge in [-0.3, -0.25) is 4.79 Å². The molecule has 0 aromatic heterocycles. The van der Waals surface area contributed by atoms with Gasteiger partial charge in [0.25, 0.3) is 0 Å². The Morgan fingerprint density at radius 2 is 1.79 bits per heavy atom. The fraction of sp³-hybridized carbons (Fsp3) is 0.267. The molecule has 1 saturated heterocycles. The number of amides is 1. The Morgan fingerprint density at radius 1 is 1.00 bits per heavy atom. The fourth-order valence-electron chi connectivity index (χ4n) is 4.15. The monoisotopic (exact) mass is 516 g/mol. The van der Waals surface area contributed by atoms with E-state index in [1.165, 1.54) is 0 Å². The summed E-state index contributed by atoms with van der Waals surface area (Å²) in [4.78, 5) is 25.8. The smallest absolute Gasteiger partial charge is 0.410 e. The van der Waals surface area contributed by atoms with E-state index in [2.05, 4.69) is 24.0 Å². The van der Waals surface area contributed by atoms with Crippen molar-refractivity contribution in [2.45, 2.75) is 26.3 Å². The Balaban J connectivity index is 1.58. The van der Waals surface area contributed by atoms with Crippen molar-refractivity contribution in [1.29, 1.82) is 0 Å². The summed E-state index contributed by atoms with van der Waals surface area (Å²) in [6.07, 6.45) is 0.432. The van der Waals surface area contributed by atoms with E-state index in [0.717, 1.165) is 28.1 Å². The lowest BCUT2D eigenvalue weighted by Gasteiger charge is -2.19. The second-order valence-corrected chi connectivity index (χ2v) is 8.82. The maximum Gasteiger partial charge on any atom is 0.410 e. The van der Waals surface area contributed by atoms with Gasteiger partial charge in [0.1, 0.15) is 12.4 Å². The second kappa shape index (κ2) is 12.7. The van der Waals surface area contributed by atoms with Crippen molar-refractivity contribution in [1.82, 2.24) is 4.90 Å². The molecule has 1 fully saturated rings. The van der Waals surface area contributed by atoms with Gasteiger partial charge in [-0.1, -0.05) is 43.0 Å². The number of methoxy groups -OCH3 is 1. The number of allylic oxidation sites excluding steroid dienone is 1. The van der Waals surface area contributed by atoms with Crippen LogP contribution in [-0.4, -0.2) is 43.8 Å². The van der Waals surface area contributed by atoms with Crippen molar-refractivity contribution in [2.75, 3.05) is 32.2 Å². The molecular weight excluding hydrogens is 484 g/mol. The van der Waals surface area contributed by atoms with Crippen LogP contribution in [-0.2, 0) is 33.7 Å². The van der Waals surface area contributed by atoms with Crippen LogP contribution in [0.3, 0.4) is 0 Å². The molecule has 38 heavy (non-hydrogen) atoms. The average molecular weight is 517 g/mol. The first kappa shape index (κ1) is 26.6. The van der Waals surface area contributed by atoms with Gasteiger partial charge in [0.15, 0.2) is 11.5 Å². The number of esters is 1. The van der Waals surface area contributed by atoms with Crippen molar-refractivity contribution in [3.63, 3.8) is 0 Å². The van der Waals surface area contributed by atoms with Crippen LogP contribution in [0.15, 0.2) is 79.0 Å². The molecule has 8 nitrogen and oxygen atoms in total. The third kappa shape index (κ3) is 7.06. The fourth-order valence-corrected chi connectivity index (χ4v) is 4.15. The van der Waals surface area contributed by atoms with E-state index in [1.807, 2.05) is 36.4 Å². The van der Waals surface area contributed by atoms with E-state index in [4.69, 9.17) is 18.9 Å². The number of benzene rings is 3. The molecule has 3 aromatic carbocycles. The summed E-state index contributed by atoms with van der Waals surface area (Å²) in [5, 5.41) is 3.36. The van der Waals surface area contributed by atoms with Gasteiger partial charge in [-0.2, -0.15) is 0 Å². The lowest BCUT2D eigenvalue weighted by Crippen LogP contribution is -2.23. The molecule has 1 aliphatic heterocycles. The topological polar surface area (TPSA) is 86.3 Å². The molecule has 1 heterocycles. The summed E-state index contributed by atoms with van der Waals surface area (Å²) in [5.41, 5.74) is 4.33. The predicted molar refractivity (Wildman–Crippen MR) is 145 cm³/mol. The third-order valence-electron chi connectivity index (χ3n) is 5.95. The van der Waals surface area contributed by atoms with Crippen LogP contribution in [0, 0.1) is 0 Å². The highest BCUT2D eigenvalue weighted by Crippen LogP contribution is 2.36. The van der Waals surface area contributed by atoms with Crippen LogP contribution in [0.1, 0.15) is 23.6 Å². The molecule has 0 unspecified atom stereocenters. The molecular formula is C30H32N2O6. The molecule has 198 valence electrons. The van der Waals surface area contributed by atoms with Crippen molar-refractivity contribution < 1.29 is 28.5 Å². The van der Waals surface area contributed by atoms with Gasteiger partial charge in [0.05, 0.1) is 33.2 Å². The third-order valence-corrected chi connectivity index (χ3v) is 5.95. The van der Waals surface area contributed by atoms with E-state index < -0.39 is 0 Å². The lowest BCUT2D eigenvalue weighted by molar-refractivity contribution is -0.142. The largest absolute Gasteiger partial charge is 0.493 e. The van der Waals surface area contributed by atoms with Crippen molar-refractivity contribution in [3.05, 3.63) is 95.7 Å². The number of cyclic esters (lactones) is 1. The first-order valence-electron chi connectivity index (χ1n) is 12.5. The molecule has 0 aliphatic carbocycles. The molecule has 0 bridgehead atoms. The molecule has 0 saturated carbocycles. The number of nitrogens with zero attached hydrogens (tertiary/aromatic N) is 1. The maximum atomic E-state index is 12.2. The second-order valence-electron chi connectivity index (χ2n) is 8.82. The average Bonchev–Trinajstić information content (AvgIpc) is 3.30. The summed E-state index contributed by atoms with van der Waals surface area (Å²) in [6, 6.07) is 21.1. The predicted octanol–water partition coefficient (Wildman–Crippen LogP) is 5.71. The van der Waals surface area contributed by atoms with Crippen LogP contribution >= 0.6 is 0 Å². The van der Waals surface area contributed by atoms with E-state index in [1.54, 1.807) is 37.1 Å². The minimum atomic E-state index is -0.364. The number of hydrogen-bond acceptors (Lipinski definition) is 7. The molecule has 3 aromatic rings. The highest BCUT2D eigenvalue weighted by atomic mass is 16.6. The molecule has 1 aliphatic rings. The van der Waals surface area contributed by atoms with E-state index in [9.17, 15) is 9.59 Å². The summed E-state index contributed by atoms with van der Waals surface area (Å²) in [7, 11) is 1.56. The number of ether oxygens (including phenoxy) is 4. The number of rotatable bonds is 12. The van der Waals surface area contributed by atoms with E-state index in [0.29, 0.717) is 50.0 Å². The number of carbonyl (C=O) groups excluding carboxylic acids is 2. The number of nitrogens with one attached hydrogen (secondary N) is 1. The first-order chi connectivity index (χ1) is 18.4. The van der Waals surface area contributed by atoms with Gasteiger partial charge >= 0.3 is 12.1 Å². The van der Waals surface area contributed by atoms with Crippen molar-refractivity contribution >= 4 is 17.7 Å². The Morgan fingerprint density at radius 3 is 2.50 bits per heavy atom. The zero-order chi connectivity index (χ0) is 26.9. The first-order valence-corrected chi connectivity index (χ1v) is 12.5. The minimum Gasteiger partial charge on any atom is -0.493 e. The summed E-state index contributed by atoms with van der Waals surface area (Å²) in [6.45, 7) is 7.41. The summed E-state index contributed by atoms with van der Waals surface area (Å²) in [5.74, 6) is 1.20. The van der Waals surface area contributed by atoms with Crippen molar-refractivity contribution in [3.8, 4) is 17.2 Å². The maximum absolute atomic E-state index is 12.2. The van der Waals surface area contributed by atoms with Crippen LogP contribution in [0.5, 0.6) is 17.2 Å². The van der Waals surface area contributed by atoms with Crippen LogP contribution < -0.4 is 14.8 Å². The number of anilines is 1. The van der Waals surface area contributed by atoms with Gasteiger partial charge in [-0.15, -0.1) is 0 Å². The number of carbonyl (C=O) groups is 2. The molecule has 4 rings (SSSR count). The lowest BCUT2D eigenvalue weighted by atomic mass is 10.1. The molecule has 1 N–H and O–H groups in total. The highest BCUT2D eigenvalue weighted by Gasteiger charge is 2.24. The summed E-state index contributed by atoms with van der Waals surface area (Å²) >= 11 is 0. The number of hydrogen-bond donors (Lipinski definition) is 1. The van der Waals surface area contributed by atoms with E-state index in [-0.39, 0.29) is 18.5 Å². The Labute approximate surface area is 222 Å². The van der Waals surface area contributed by atoms with E-state index >= 15 is 0 Å². The molecule has 0 atom stereocenters. The quantitative estimate of drug-likeness (QED) is 0.309. The minimum absolute atomic E-state index is 0.118. The standard InChI is InChI=1S/C30H32N2O6/c1-4-36-29(33)18-23-10-12-27(35-3)28(17-23)38-26-13-11-25(19-24(26)20-32-14-15-37-30(32)34)31-21(2)16-22-8-6-5-7-9-22/h5-13,17,19,31H,2,4,14-16,18,20H2,1,3H3. The van der Waals surface area contributed by atoms with Gasteiger partial charge in [-0.25, -0.2) is 4.79 Å². The van der Waals surface area contributed by atoms with Crippen LogP contribution in [0.2, 0.25) is 0 Å². The highest BCUT2D eigenvalue weighted by molar-refractivity contribution is 5.73. The molecule has 0 spiro atoms. The molecule has 8 heteroatoms. The zero-order valence-electron chi connectivity index (χ0n) is 21.7. The van der Waals surface area contributed by atoms with Gasteiger partial charge < -0.3 is 29.2 Å². The molecule has 1 amide bonds. The van der Waals surface area contributed by atoms with Gasteiger partial charge in [0.2, 0.25) is 0 Å². The normalized spacial score (nSPS) is 12.6. The zero-order valence-corrected chi connectivity index (χ0v) is 21.7. The molecule has 0 radical (unpaired) electrons. The van der Waals surface area contributed by atoms with Gasteiger partial charge in [0, 0.05) is 23.4 Å². The Kier molecular flexibility index (Phi) is 8.87. The SMILES string of the molecule is C=C(Cc1ccccc1)Nc1ccc(Oc2cc(CC(=O)OCC)ccc2OC)c(CN2CCOC2=O)c1. The van der Waals surface area contributed by atoms with Crippen LogP contribution in [0.25, 0.3) is 0 Å². The van der Waals surface area contributed by atoms with Crippen molar-refractivity contribution in [2.24, 2.45) is 0 Å². The Bertz CT molecular complexity index is 1290.